The molecule has 1 aliphatic rings. The van der Waals surface area contributed by atoms with E-state index in [1.165, 1.54) is 0 Å². The van der Waals surface area contributed by atoms with Gasteiger partial charge in [-0.05, 0) is 38.0 Å². The van der Waals surface area contributed by atoms with Gasteiger partial charge >= 0.3 is 11.9 Å². The van der Waals surface area contributed by atoms with Gasteiger partial charge in [0, 0.05) is 18.5 Å². The molecule has 0 saturated carbocycles. The number of nitrogens with one attached hydrogen (secondary N) is 1. The zero-order chi connectivity index (χ0) is 24.5. The van der Waals surface area contributed by atoms with E-state index >= 15 is 0 Å². The summed E-state index contributed by atoms with van der Waals surface area (Å²) in [5, 5.41) is 3.17. The Morgan fingerprint density at radius 3 is 2.21 bits per heavy atom. The van der Waals surface area contributed by atoms with Crippen molar-refractivity contribution in [2.24, 2.45) is 0 Å². The van der Waals surface area contributed by atoms with E-state index in [2.05, 4.69) is 5.32 Å². The topological polar surface area (TPSA) is 73.9 Å². The van der Waals surface area contributed by atoms with Gasteiger partial charge in [-0.15, -0.1) is 0 Å². The predicted octanol–water partition coefficient (Wildman–Crippen LogP) is 4.68. The molecule has 2 aromatic rings. The van der Waals surface area contributed by atoms with Crippen LogP contribution in [-0.2, 0) is 23.8 Å². The highest BCUT2D eigenvalue weighted by atomic mass is 16.6. The fourth-order valence-electron chi connectivity index (χ4n) is 3.96. The second-order valence-corrected chi connectivity index (χ2v) is 8.09. The molecule has 0 aromatic heterocycles. The molecule has 0 spiro atoms. The summed E-state index contributed by atoms with van der Waals surface area (Å²) < 4.78 is 16.0. The highest BCUT2D eigenvalue weighted by molar-refractivity contribution is 6.00. The number of carbonyl (C=O) groups excluding carboxylic acids is 2. The lowest BCUT2D eigenvalue weighted by molar-refractivity contribution is -0.140. The Bertz CT molecular complexity index is 1110. The Hall–Kier alpha value is -3.64. The number of ether oxygens (including phenoxy) is 3. The van der Waals surface area contributed by atoms with E-state index in [4.69, 9.17) is 14.2 Å². The Labute approximate surface area is 200 Å². The van der Waals surface area contributed by atoms with Gasteiger partial charge < -0.3 is 19.5 Å². The zero-order valence-corrected chi connectivity index (χ0v) is 20.1. The zero-order valence-electron chi connectivity index (χ0n) is 20.1. The van der Waals surface area contributed by atoms with Crippen molar-refractivity contribution in [3.8, 4) is 0 Å². The fraction of sp³-hybridized carbons (Fsp3) is 0.286. The quantitative estimate of drug-likeness (QED) is 0.432. The molecule has 1 aliphatic heterocycles. The van der Waals surface area contributed by atoms with Gasteiger partial charge in [0.1, 0.15) is 13.2 Å². The van der Waals surface area contributed by atoms with Crippen LogP contribution in [0.15, 0.2) is 83.2 Å². The van der Waals surface area contributed by atoms with Crippen molar-refractivity contribution in [1.29, 1.82) is 0 Å². The Kier molecular flexibility index (Phi) is 8.82. The lowest BCUT2D eigenvalue weighted by Gasteiger charge is -2.30. The van der Waals surface area contributed by atoms with Crippen LogP contribution in [0.2, 0.25) is 0 Å². The van der Waals surface area contributed by atoms with Crippen molar-refractivity contribution in [1.82, 2.24) is 5.32 Å². The molecule has 1 N–H and O–H groups in total. The molecule has 1 atom stereocenters. The lowest BCUT2D eigenvalue weighted by atomic mass is 9.80. The third kappa shape index (κ3) is 6.23. The van der Waals surface area contributed by atoms with Crippen LogP contribution in [0.1, 0.15) is 36.5 Å². The second-order valence-electron chi connectivity index (χ2n) is 8.09. The molecule has 0 bridgehead atoms. The van der Waals surface area contributed by atoms with Gasteiger partial charge in [-0.25, -0.2) is 9.59 Å². The summed E-state index contributed by atoms with van der Waals surface area (Å²) in [7, 11) is 1.54. The van der Waals surface area contributed by atoms with Crippen molar-refractivity contribution >= 4 is 18.0 Å². The largest absolute Gasteiger partial charge is 0.460 e. The first-order valence-corrected chi connectivity index (χ1v) is 11.2. The first-order chi connectivity index (χ1) is 16.4. The normalized spacial score (nSPS) is 15.9. The maximum Gasteiger partial charge on any atom is 0.337 e. The molecule has 0 saturated heterocycles. The van der Waals surface area contributed by atoms with Gasteiger partial charge in [0.25, 0.3) is 0 Å². The number of carbonyl (C=O) groups is 2. The highest BCUT2D eigenvalue weighted by Crippen LogP contribution is 2.39. The Morgan fingerprint density at radius 1 is 0.882 bits per heavy atom. The molecule has 178 valence electrons. The van der Waals surface area contributed by atoms with Gasteiger partial charge in [0.05, 0.1) is 23.7 Å². The molecule has 3 rings (SSSR count). The van der Waals surface area contributed by atoms with Crippen molar-refractivity contribution in [3.63, 3.8) is 0 Å². The Balaban J connectivity index is 1.88. The van der Waals surface area contributed by atoms with E-state index in [0.29, 0.717) is 22.5 Å². The molecule has 0 radical (unpaired) electrons. The molecule has 0 aliphatic carbocycles. The molecule has 0 amide bonds. The molecule has 2 aromatic carbocycles. The molecule has 6 nitrogen and oxygen atoms in total. The number of hydrogen-bond donors (Lipinski definition) is 1. The Morgan fingerprint density at radius 2 is 1.56 bits per heavy atom. The van der Waals surface area contributed by atoms with Gasteiger partial charge in [-0.1, -0.05) is 66.2 Å². The number of esters is 2. The van der Waals surface area contributed by atoms with Crippen LogP contribution in [-0.4, -0.2) is 38.9 Å². The van der Waals surface area contributed by atoms with Crippen LogP contribution in [0.3, 0.4) is 0 Å². The molecular formula is C28H31NO5. The van der Waals surface area contributed by atoms with E-state index in [1.54, 1.807) is 13.2 Å². The van der Waals surface area contributed by atoms with Crippen LogP contribution < -0.4 is 5.32 Å². The molecule has 0 fully saturated rings. The van der Waals surface area contributed by atoms with E-state index in [1.807, 2.05) is 81.4 Å². The number of rotatable bonds is 9. The van der Waals surface area contributed by atoms with Crippen LogP contribution >= 0.6 is 0 Å². The summed E-state index contributed by atoms with van der Waals surface area (Å²) in [5.41, 5.74) is 4.94. The first kappa shape index (κ1) is 25.0. The van der Waals surface area contributed by atoms with Gasteiger partial charge in [-0.3, -0.25) is 0 Å². The van der Waals surface area contributed by atoms with Crippen molar-refractivity contribution in [2.75, 3.05) is 26.9 Å². The molecule has 6 heteroatoms. The minimum absolute atomic E-state index is 0.112. The van der Waals surface area contributed by atoms with Crippen LogP contribution in [0, 0.1) is 6.92 Å². The van der Waals surface area contributed by atoms with Crippen LogP contribution in [0.5, 0.6) is 0 Å². The first-order valence-electron chi connectivity index (χ1n) is 11.2. The molecule has 1 heterocycles. The standard InChI is InChI=1S/C28H31NO5/c1-19-10-8-14-23(18-19)26-24(27(30)33-15-9-13-22-11-6-5-7-12-22)20(2)29-21(3)25(26)28(31)34-17-16-32-4/h5-14,18,26,29H,15-17H2,1-4H3/b13-9+. The number of aryl methyl sites for hydroxylation is 1. The van der Waals surface area contributed by atoms with Gasteiger partial charge in [-0.2, -0.15) is 0 Å². The third-order valence-corrected chi connectivity index (χ3v) is 5.52. The number of benzene rings is 2. The second kappa shape index (κ2) is 12.0. The monoisotopic (exact) mass is 461 g/mol. The predicted molar refractivity (Wildman–Crippen MR) is 132 cm³/mol. The summed E-state index contributed by atoms with van der Waals surface area (Å²) in [6.07, 6.45) is 3.69. The minimum atomic E-state index is -0.609. The summed E-state index contributed by atoms with van der Waals surface area (Å²) in [6.45, 7) is 6.12. The average molecular weight is 462 g/mol. The molecule has 1 unspecified atom stereocenters. The number of dihydropyridines is 1. The maximum atomic E-state index is 13.3. The van der Waals surface area contributed by atoms with Crippen LogP contribution in [0.25, 0.3) is 6.08 Å². The number of allylic oxidation sites excluding steroid dienone is 2. The van der Waals surface area contributed by atoms with E-state index in [-0.39, 0.29) is 19.8 Å². The highest BCUT2D eigenvalue weighted by Gasteiger charge is 2.38. The molecule has 34 heavy (non-hydrogen) atoms. The van der Waals surface area contributed by atoms with Crippen molar-refractivity contribution in [2.45, 2.75) is 26.7 Å². The minimum Gasteiger partial charge on any atom is -0.460 e. The smallest absolute Gasteiger partial charge is 0.337 e. The van der Waals surface area contributed by atoms with E-state index in [0.717, 1.165) is 16.7 Å². The average Bonchev–Trinajstić information content (AvgIpc) is 2.82. The van der Waals surface area contributed by atoms with Gasteiger partial charge in [0.2, 0.25) is 0 Å². The lowest BCUT2D eigenvalue weighted by Crippen LogP contribution is -2.32. The van der Waals surface area contributed by atoms with E-state index < -0.39 is 17.9 Å². The summed E-state index contributed by atoms with van der Waals surface area (Å²) in [4.78, 5) is 26.4. The summed E-state index contributed by atoms with van der Waals surface area (Å²) in [6, 6.07) is 17.6. The fourth-order valence-corrected chi connectivity index (χ4v) is 3.96. The van der Waals surface area contributed by atoms with Gasteiger partial charge in [0.15, 0.2) is 0 Å². The van der Waals surface area contributed by atoms with Crippen molar-refractivity contribution < 1.29 is 23.8 Å². The summed E-state index contributed by atoms with van der Waals surface area (Å²) >= 11 is 0. The van der Waals surface area contributed by atoms with Crippen LogP contribution in [0.4, 0.5) is 0 Å². The maximum absolute atomic E-state index is 13.3. The SMILES string of the molecule is COCCOC(=O)C1=C(C)NC(C)=C(C(=O)OC/C=C/c2ccccc2)C1c1cccc(C)c1. The third-order valence-electron chi connectivity index (χ3n) is 5.52. The number of hydrogen-bond acceptors (Lipinski definition) is 6. The van der Waals surface area contributed by atoms with Crippen molar-refractivity contribution in [3.05, 3.63) is 99.9 Å². The number of methoxy groups -OCH3 is 1. The van der Waals surface area contributed by atoms with E-state index in [9.17, 15) is 9.59 Å². The molecular weight excluding hydrogens is 430 g/mol. The summed E-state index contributed by atoms with van der Waals surface area (Å²) in [5.74, 6) is -1.58.